The Hall–Kier alpha value is -2.05. The minimum absolute atomic E-state index is 0.206. The maximum absolute atomic E-state index is 12.3. The van der Waals surface area contributed by atoms with E-state index >= 15 is 0 Å². The van der Waals surface area contributed by atoms with Gasteiger partial charge in [0.05, 0.1) is 20.3 Å². The van der Waals surface area contributed by atoms with Crippen LogP contribution in [0.5, 0.6) is 11.8 Å². The quantitative estimate of drug-likeness (QED) is 0.815. The first-order chi connectivity index (χ1) is 11.1. The highest BCUT2D eigenvalue weighted by molar-refractivity contribution is 5.81. The van der Waals surface area contributed by atoms with Crippen LogP contribution in [0.25, 0.3) is 0 Å². The molecule has 2 heterocycles. The second-order valence-corrected chi connectivity index (χ2v) is 6.22. The summed E-state index contributed by atoms with van der Waals surface area (Å²) in [6.45, 7) is 1.61. The van der Waals surface area contributed by atoms with Gasteiger partial charge in [-0.05, 0) is 25.7 Å². The van der Waals surface area contributed by atoms with Gasteiger partial charge in [-0.25, -0.2) is 0 Å². The summed E-state index contributed by atoms with van der Waals surface area (Å²) in [5.74, 6) is 2.09. The van der Waals surface area contributed by atoms with Crippen LogP contribution in [0.4, 0.5) is 5.95 Å². The Bertz CT molecular complexity index is 554. The molecule has 7 heteroatoms. The molecule has 1 saturated carbocycles. The normalized spacial score (nSPS) is 21.0. The van der Waals surface area contributed by atoms with E-state index in [1.807, 2.05) is 11.9 Å². The van der Waals surface area contributed by atoms with Gasteiger partial charge in [0.25, 0.3) is 0 Å². The van der Waals surface area contributed by atoms with Crippen molar-refractivity contribution in [2.75, 3.05) is 39.3 Å². The summed E-state index contributed by atoms with van der Waals surface area (Å²) in [6, 6.07) is 1.87. The molecule has 2 fully saturated rings. The molecule has 1 aromatic rings. The van der Waals surface area contributed by atoms with Gasteiger partial charge in [-0.15, -0.1) is 0 Å². The Morgan fingerprint density at radius 1 is 1.22 bits per heavy atom. The zero-order valence-corrected chi connectivity index (χ0v) is 14.0. The number of likely N-dealkylation sites (N-methyl/N-ethyl adjacent to an activating group) is 1. The number of hydrogen-bond donors (Lipinski definition) is 0. The molecule has 1 unspecified atom stereocenters. The SMILES string of the molecule is COc1cc(OC)nc(N2CCCC(N(C)C(=O)C3CC3)C2)n1. The molecule has 1 aromatic heterocycles. The predicted molar refractivity (Wildman–Crippen MR) is 85.9 cm³/mol. The number of carbonyl (C=O) groups excluding carboxylic acids is 1. The van der Waals surface area contributed by atoms with Crippen molar-refractivity contribution >= 4 is 11.9 Å². The maximum atomic E-state index is 12.3. The number of methoxy groups -OCH3 is 2. The summed E-state index contributed by atoms with van der Waals surface area (Å²) in [4.78, 5) is 25.1. The average molecular weight is 320 g/mol. The van der Waals surface area contributed by atoms with Crippen LogP contribution in [0.15, 0.2) is 6.07 Å². The summed E-state index contributed by atoms with van der Waals surface area (Å²) in [7, 11) is 5.07. The van der Waals surface area contributed by atoms with Gasteiger partial charge in [-0.3, -0.25) is 4.79 Å². The minimum Gasteiger partial charge on any atom is -0.481 e. The molecule has 7 nitrogen and oxygen atoms in total. The van der Waals surface area contributed by atoms with Crippen LogP contribution in [0, 0.1) is 5.92 Å². The van der Waals surface area contributed by atoms with E-state index in [2.05, 4.69) is 14.9 Å². The predicted octanol–water partition coefficient (Wildman–Crippen LogP) is 1.33. The van der Waals surface area contributed by atoms with E-state index in [1.165, 1.54) is 0 Å². The number of aromatic nitrogens is 2. The van der Waals surface area contributed by atoms with Gasteiger partial charge in [0, 0.05) is 32.1 Å². The van der Waals surface area contributed by atoms with Crippen LogP contribution in [0.2, 0.25) is 0 Å². The zero-order valence-electron chi connectivity index (χ0n) is 14.0. The van der Waals surface area contributed by atoms with Crippen LogP contribution in [0.3, 0.4) is 0 Å². The fraction of sp³-hybridized carbons (Fsp3) is 0.688. The molecular weight excluding hydrogens is 296 g/mol. The number of ether oxygens (including phenoxy) is 2. The number of amides is 1. The molecule has 0 N–H and O–H groups in total. The van der Waals surface area contributed by atoms with Crippen LogP contribution in [-0.2, 0) is 4.79 Å². The summed E-state index contributed by atoms with van der Waals surface area (Å²) >= 11 is 0. The number of anilines is 1. The van der Waals surface area contributed by atoms with E-state index < -0.39 is 0 Å². The van der Waals surface area contributed by atoms with E-state index in [0.29, 0.717) is 17.7 Å². The molecule has 1 aliphatic heterocycles. The first-order valence-corrected chi connectivity index (χ1v) is 8.11. The smallest absolute Gasteiger partial charge is 0.232 e. The molecular formula is C16H24N4O3. The monoisotopic (exact) mass is 320 g/mol. The van der Waals surface area contributed by atoms with Gasteiger partial charge >= 0.3 is 0 Å². The van der Waals surface area contributed by atoms with E-state index in [1.54, 1.807) is 20.3 Å². The molecule has 1 amide bonds. The second kappa shape index (κ2) is 6.60. The van der Waals surface area contributed by atoms with Crippen LogP contribution >= 0.6 is 0 Å². The zero-order chi connectivity index (χ0) is 16.4. The number of nitrogens with zero attached hydrogens (tertiary/aromatic N) is 4. The molecule has 0 spiro atoms. The molecule has 23 heavy (non-hydrogen) atoms. The van der Waals surface area contributed by atoms with Crippen molar-refractivity contribution in [2.24, 2.45) is 5.92 Å². The molecule has 0 bridgehead atoms. The van der Waals surface area contributed by atoms with Gasteiger partial charge < -0.3 is 19.3 Å². The number of hydrogen-bond acceptors (Lipinski definition) is 6. The molecule has 1 atom stereocenters. The Balaban J connectivity index is 1.74. The summed E-state index contributed by atoms with van der Waals surface area (Å²) in [5, 5.41) is 0. The highest BCUT2D eigenvalue weighted by Crippen LogP contribution is 2.32. The molecule has 2 aliphatic rings. The highest BCUT2D eigenvalue weighted by atomic mass is 16.5. The fourth-order valence-electron chi connectivity index (χ4n) is 2.99. The number of carbonyl (C=O) groups is 1. The third kappa shape index (κ3) is 3.48. The highest BCUT2D eigenvalue weighted by Gasteiger charge is 2.36. The lowest BCUT2D eigenvalue weighted by molar-refractivity contribution is -0.133. The van der Waals surface area contributed by atoms with Crippen LogP contribution < -0.4 is 14.4 Å². The van der Waals surface area contributed by atoms with Gasteiger partial charge in [0.1, 0.15) is 0 Å². The van der Waals surface area contributed by atoms with Crippen LogP contribution in [-0.4, -0.2) is 61.2 Å². The molecule has 126 valence electrons. The molecule has 3 rings (SSSR count). The lowest BCUT2D eigenvalue weighted by Gasteiger charge is -2.37. The first kappa shape index (κ1) is 15.8. The van der Waals surface area contributed by atoms with Crippen molar-refractivity contribution in [2.45, 2.75) is 31.7 Å². The Kier molecular flexibility index (Phi) is 4.54. The topological polar surface area (TPSA) is 67.8 Å². The van der Waals surface area contributed by atoms with E-state index in [4.69, 9.17) is 9.47 Å². The fourth-order valence-corrected chi connectivity index (χ4v) is 2.99. The van der Waals surface area contributed by atoms with Gasteiger partial charge in [0.15, 0.2) is 0 Å². The Morgan fingerprint density at radius 2 is 1.87 bits per heavy atom. The minimum atomic E-state index is 0.206. The number of rotatable bonds is 5. The maximum Gasteiger partial charge on any atom is 0.232 e. The van der Waals surface area contributed by atoms with Crippen molar-refractivity contribution < 1.29 is 14.3 Å². The summed E-state index contributed by atoms with van der Waals surface area (Å²) in [6.07, 6.45) is 4.11. The van der Waals surface area contributed by atoms with Gasteiger partial charge in [-0.1, -0.05) is 0 Å². The Morgan fingerprint density at radius 3 is 2.43 bits per heavy atom. The molecule has 0 aromatic carbocycles. The standard InChI is InChI=1S/C16H24N4O3/c1-19(15(21)11-6-7-11)12-5-4-8-20(10-12)16-17-13(22-2)9-14(18-16)23-3/h9,11-12H,4-8,10H2,1-3H3. The molecule has 0 radical (unpaired) electrons. The van der Waals surface area contributed by atoms with Crippen molar-refractivity contribution in [3.05, 3.63) is 6.07 Å². The van der Waals surface area contributed by atoms with Crippen molar-refractivity contribution in [3.8, 4) is 11.8 Å². The van der Waals surface area contributed by atoms with Crippen molar-refractivity contribution in [1.29, 1.82) is 0 Å². The van der Waals surface area contributed by atoms with E-state index in [-0.39, 0.29) is 17.9 Å². The van der Waals surface area contributed by atoms with Crippen molar-refractivity contribution in [3.63, 3.8) is 0 Å². The average Bonchev–Trinajstić information content (AvgIpc) is 3.45. The van der Waals surface area contributed by atoms with E-state index in [9.17, 15) is 4.79 Å². The van der Waals surface area contributed by atoms with Gasteiger partial charge in [-0.2, -0.15) is 9.97 Å². The summed E-state index contributed by atoms with van der Waals surface area (Å²) < 4.78 is 10.4. The van der Waals surface area contributed by atoms with E-state index in [0.717, 1.165) is 38.8 Å². The largest absolute Gasteiger partial charge is 0.481 e. The Labute approximate surface area is 136 Å². The summed E-state index contributed by atoms with van der Waals surface area (Å²) in [5.41, 5.74) is 0. The lowest BCUT2D eigenvalue weighted by Crippen LogP contribution is -2.49. The second-order valence-electron chi connectivity index (χ2n) is 6.22. The lowest BCUT2D eigenvalue weighted by atomic mass is 10.0. The third-order valence-electron chi connectivity index (χ3n) is 4.59. The van der Waals surface area contributed by atoms with Gasteiger partial charge in [0.2, 0.25) is 23.6 Å². The molecule has 1 saturated heterocycles. The van der Waals surface area contributed by atoms with Crippen LogP contribution in [0.1, 0.15) is 25.7 Å². The number of piperidine rings is 1. The third-order valence-corrected chi connectivity index (χ3v) is 4.59. The van der Waals surface area contributed by atoms with Crippen molar-refractivity contribution in [1.82, 2.24) is 14.9 Å². The first-order valence-electron chi connectivity index (χ1n) is 8.11. The molecule has 1 aliphatic carbocycles.